The van der Waals surface area contributed by atoms with E-state index in [0.717, 1.165) is 44.6 Å². The lowest BCUT2D eigenvalue weighted by Crippen LogP contribution is -2.35. The van der Waals surface area contributed by atoms with Crippen LogP contribution in [0.1, 0.15) is 37.6 Å². The molecule has 19 heavy (non-hydrogen) atoms. The Balaban J connectivity index is 2.05. The molecule has 1 aromatic heterocycles. The quantitative estimate of drug-likeness (QED) is 0.664. The number of carbonyl (C=O) groups is 1. The standard InChI is InChI=1S/C14H26N4O/c1-4-5-8-16-14(19)11-15-7-6-9-18-13(3)10-12(2)17-18/h10,15H,4-9,11H2,1-3H3,(H,16,19). The predicted octanol–water partition coefficient (Wildman–Crippen LogP) is 1.40. The van der Waals surface area contributed by atoms with Gasteiger partial charge in [-0.25, -0.2) is 0 Å². The van der Waals surface area contributed by atoms with Gasteiger partial charge in [-0.05, 0) is 39.3 Å². The summed E-state index contributed by atoms with van der Waals surface area (Å²) in [5.41, 5.74) is 2.25. The highest BCUT2D eigenvalue weighted by atomic mass is 16.1. The number of hydrogen-bond donors (Lipinski definition) is 2. The zero-order chi connectivity index (χ0) is 14.1. The first-order chi connectivity index (χ1) is 9.13. The van der Waals surface area contributed by atoms with Crippen LogP contribution in [0.3, 0.4) is 0 Å². The molecule has 0 aliphatic carbocycles. The Morgan fingerprint density at radius 1 is 1.32 bits per heavy atom. The Bertz CT molecular complexity index is 387. The average Bonchev–Trinajstić information content (AvgIpc) is 2.68. The number of hydrogen-bond acceptors (Lipinski definition) is 3. The molecule has 0 aliphatic heterocycles. The van der Waals surface area contributed by atoms with Gasteiger partial charge in [-0.2, -0.15) is 5.10 Å². The second-order valence-electron chi connectivity index (χ2n) is 4.88. The molecule has 1 aromatic rings. The number of nitrogens with zero attached hydrogens (tertiary/aromatic N) is 2. The zero-order valence-corrected chi connectivity index (χ0v) is 12.3. The van der Waals surface area contributed by atoms with E-state index in [0.29, 0.717) is 6.54 Å². The number of unbranched alkanes of at least 4 members (excludes halogenated alkanes) is 1. The van der Waals surface area contributed by atoms with E-state index in [-0.39, 0.29) is 5.91 Å². The van der Waals surface area contributed by atoms with Crippen LogP contribution in [0.2, 0.25) is 0 Å². The van der Waals surface area contributed by atoms with Gasteiger partial charge in [0.2, 0.25) is 5.91 Å². The van der Waals surface area contributed by atoms with Gasteiger partial charge in [-0.15, -0.1) is 0 Å². The third kappa shape index (κ3) is 6.38. The molecule has 0 radical (unpaired) electrons. The van der Waals surface area contributed by atoms with E-state index in [1.165, 1.54) is 5.69 Å². The summed E-state index contributed by atoms with van der Waals surface area (Å²) in [6.45, 7) is 9.09. The minimum atomic E-state index is 0.0829. The van der Waals surface area contributed by atoms with Crippen molar-refractivity contribution in [3.8, 4) is 0 Å². The highest BCUT2D eigenvalue weighted by molar-refractivity contribution is 5.77. The Morgan fingerprint density at radius 3 is 2.74 bits per heavy atom. The summed E-state index contributed by atoms with van der Waals surface area (Å²) < 4.78 is 2.01. The molecule has 5 heteroatoms. The third-order valence-electron chi connectivity index (χ3n) is 2.96. The van der Waals surface area contributed by atoms with Crippen LogP contribution >= 0.6 is 0 Å². The van der Waals surface area contributed by atoms with Crippen molar-refractivity contribution in [2.24, 2.45) is 0 Å². The van der Waals surface area contributed by atoms with Crippen LogP contribution in [-0.2, 0) is 11.3 Å². The molecule has 0 bridgehead atoms. The van der Waals surface area contributed by atoms with Crippen molar-refractivity contribution in [1.29, 1.82) is 0 Å². The summed E-state index contributed by atoms with van der Waals surface area (Å²) in [6, 6.07) is 2.08. The van der Waals surface area contributed by atoms with E-state index < -0.39 is 0 Å². The number of aryl methyl sites for hydroxylation is 3. The molecule has 1 heterocycles. The molecule has 0 aromatic carbocycles. The molecule has 2 N–H and O–H groups in total. The lowest BCUT2D eigenvalue weighted by molar-refractivity contribution is -0.120. The van der Waals surface area contributed by atoms with E-state index in [1.54, 1.807) is 0 Å². The fourth-order valence-corrected chi connectivity index (χ4v) is 1.92. The van der Waals surface area contributed by atoms with Gasteiger partial charge in [-0.1, -0.05) is 13.3 Å². The Labute approximate surface area is 115 Å². The van der Waals surface area contributed by atoms with Crippen LogP contribution in [0.15, 0.2) is 6.07 Å². The van der Waals surface area contributed by atoms with Crippen molar-refractivity contribution in [3.05, 3.63) is 17.5 Å². The zero-order valence-electron chi connectivity index (χ0n) is 12.3. The number of carbonyl (C=O) groups excluding carboxylic acids is 1. The molecule has 108 valence electrons. The summed E-state index contributed by atoms with van der Waals surface area (Å²) in [5.74, 6) is 0.0829. The van der Waals surface area contributed by atoms with Crippen LogP contribution in [-0.4, -0.2) is 35.3 Å². The summed E-state index contributed by atoms with van der Waals surface area (Å²) in [7, 11) is 0. The molecule has 0 atom stereocenters. The first-order valence-corrected chi connectivity index (χ1v) is 7.12. The molecule has 0 fully saturated rings. The topological polar surface area (TPSA) is 59.0 Å². The second kappa shape index (κ2) is 8.69. The summed E-state index contributed by atoms with van der Waals surface area (Å²) in [4.78, 5) is 11.4. The van der Waals surface area contributed by atoms with Crippen molar-refractivity contribution in [1.82, 2.24) is 20.4 Å². The monoisotopic (exact) mass is 266 g/mol. The molecular weight excluding hydrogens is 240 g/mol. The SMILES string of the molecule is CCCCNC(=O)CNCCCn1nc(C)cc1C. The van der Waals surface area contributed by atoms with Gasteiger partial charge in [0.05, 0.1) is 12.2 Å². The minimum Gasteiger partial charge on any atom is -0.355 e. The number of aromatic nitrogens is 2. The van der Waals surface area contributed by atoms with Gasteiger partial charge in [0.1, 0.15) is 0 Å². The highest BCUT2D eigenvalue weighted by Crippen LogP contribution is 2.01. The maximum absolute atomic E-state index is 11.4. The molecule has 1 amide bonds. The van der Waals surface area contributed by atoms with Crippen LogP contribution < -0.4 is 10.6 Å². The maximum Gasteiger partial charge on any atom is 0.233 e. The highest BCUT2D eigenvalue weighted by Gasteiger charge is 2.01. The van der Waals surface area contributed by atoms with Crippen LogP contribution in [0.25, 0.3) is 0 Å². The van der Waals surface area contributed by atoms with Crippen molar-refractivity contribution >= 4 is 5.91 Å². The van der Waals surface area contributed by atoms with Crippen molar-refractivity contribution < 1.29 is 4.79 Å². The fourth-order valence-electron chi connectivity index (χ4n) is 1.92. The van der Waals surface area contributed by atoms with Gasteiger partial charge in [0, 0.05) is 18.8 Å². The Hall–Kier alpha value is -1.36. The van der Waals surface area contributed by atoms with Crippen LogP contribution in [0.5, 0.6) is 0 Å². The Morgan fingerprint density at radius 2 is 2.11 bits per heavy atom. The number of rotatable bonds is 9. The van der Waals surface area contributed by atoms with E-state index in [4.69, 9.17) is 0 Å². The molecule has 0 saturated carbocycles. The third-order valence-corrected chi connectivity index (χ3v) is 2.96. The summed E-state index contributed by atoms with van der Waals surface area (Å²) in [6.07, 6.45) is 3.13. The first-order valence-electron chi connectivity index (χ1n) is 7.12. The van der Waals surface area contributed by atoms with Crippen LogP contribution in [0.4, 0.5) is 0 Å². The van der Waals surface area contributed by atoms with Crippen LogP contribution in [0, 0.1) is 13.8 Å². The van der Waals surface area contributed by atoms with E-state index >= 15 is 0 Å². The lowest BCUT2D eigenvalue weighted by atomic mass is 10.3. The molecule has 5 nitrogen and oxygen atoms in total. The van der Waals surface area contributed by atoms with Gasteiger partial charge in [0.25, 0.3) is 0 Å². The molecule has 0 unspecified atom stereocenters. The summed E-state index contributed by atoms with van der Waals surface area (Å²) >= 11 is 0. The van der Waals surface area contributed by atoms with Gasteiger partial charge in [0.15, 0.2) is 0 Å². The Kier molecular flexibility index (Phi) is 7.18. The lowest BCUT2D eigenvalue weighted by Gasteiger charge is -2.07. The van der Waals surface area contributed by atoms with Gasteiger partial charge >= 0.3 is 0 Å². The van der Waals surface area contributed by atoms with E-state index in [1.807, 2.05) is 11.6 Å². The largest absolute Gasteiger partial charge is 0.355 e. The van der Waals surface area contributed by atoms with Crippen molar-refractivity contribution in [2.75, 3.05) is 19.6 Å². The molecule has 0 spiro atoms. The average molecular weight is 266 g/mol. The summed E-state index contributed by atoms with van der Waals surface area (Å²) in [5, 5.41) is 10.4. The number of nitrogens with one attached hydrogen (secondary N) is 2. The molecule has 0 saturated heterocycles. The fraction of sp³-hybridized carbons (Fsp3) is 0.714. The second-order valence-corrected chi connectivity index (χ2v) is 4.88. The first kappa shape index (κ1) is 15.7. The van der Waals surface area contributed by atoms with Crippen molar-refractivity contribution in [3.63, 3.8) is 0 Å². The molecule has 1 rings (SSSR count). The van der Waals surface area contributed by atoms with Gasteiger partial charge in [-0.3, -0.25) is 9.48 Å². The number of amides is 1. The molecule has 0 aliphatic rings. The van der Waals surface area contributed by atoms with Crippen molar-refractivity contribution in [2.45, 2.75) is 46.6 Å². The minimum absolute atomic E-state index is 0.0829. The molecular formula is C14H26N4O. The maximum atomic E-state index is 11.4. The smallest absolute Gasteiger partial charge is 0.233 e. The van der Waals surface area contributed by atoms with Gasteiger partial charge < -0.3 is 10.6 Å². The van der Waals surface area contributed by atoms with E-state index in [2.05, 4.69) is 35.6 Å². The normalized spacial score (nSPS) is 10.7. The van der Waals surface area contributed by atoms with E-state index in [9.17, 15) is 4.79 Å². The predicted molar refractivity (Wildman–Crippen MR) is 77.1 cm³/mol.